The van der Waals surface area contributed by atoms with Gasteiger partial charge in [-0.1, -0.05) is 53.3 Å². The van der Waals surface area contributed by atoms with Crippen molar-refractivity contribution in [1.29, 1.82) is 0 Å². The van der Waals surface area contributed by atoms with Gasteiger partial charge in [0.05, 0.1) is 25.7 Å². The van der Waals surface area contributed by atoms with Gasteiger partial charge in [0.2, 0.25) is 0 Å². The zero-order chi connectivity index (χ0) is 13.2. The smallest absolute Gasteiger partial charge is 0.166 e. The molecule has 0 saturated heterocycles. The molecule has 0 aliphatic rings. The molecule has 0 saturated carbocycles. The summed E-state index contributed by atoms with van der Waals surface area (Å²) in [6.45, 7) is 2.01. The van der Waals surface area contributed by atoms with Crippen LogP contribution in [0.3, 0.4) is 0 Å². The van der Waals surface area contributed by atoms with Crippen molar-refractivity contribution in [2.75, 3.05) is 0 Å². The fraction of sp³-hybridized carbons (Fsp3) is 0.364. The highest BCUT2D eigenvalue weighted by Crippen LogP contribution is 2.37. The quantitative estimate of drug-likeness (QED) is 0.403. The SMILES string of the molecule is CC(P)CCC(=O)c1c(Cl)c(Cl)cc(Cl)c1Cl. The minimum Gasteiger partial charge on any atom is -0.294 e. The van der Waals surface area contributed by atoms with E-state index in [4.69, 9.17) is 46.4 Å². The molecule has 0 heterocycles. The van der Waals surface area contributed by atoms with Crippen LogP contribution in [-0.2, 0) is 0 Å². The van der Waals surface area contributed by atoms with Crippen molar-refractivity contribution in [1.82, 2.24) is 0 Å². The lowest BCUT2D eigenvalue weighted by molar-refractivity contribution is 0.0980. The van der Waals surface area contributed by atoms with Crippen molar-refractivity contribution in [2.24, 2.45) is 0 Å². The molecular weight excluding hydrogens is 321 g/mol. The fourth-order valence-electron chi connectivity index (χ4n) is 1.30. The fourth-order valence-corrected chi connectivity index (χ4v) is 2.49. The second-order valence-corrected chi connectivity index (χ2v) is 6.49. The third-order valence-electron chi connectivity index (χ3n) is 2.22. The van der Waals surface area contributed by atoms with Crippen LogP contribution in [-0.4, -0.2) is 11.4 Å². The molecule has 94 valence electrons. The molecule has 0 N–H and O–H groups in total. The molecule has 2 unspecified atom stereocenters. The van der Waals surface area contributed by atoms with Gasteiger partial charge < -0.3 is 0 Å². The van der Waals surface area contributed by atoms with Crippen molar-refractivity contribution in [3.63, 3.8) is 0 Å². The Morgan fingerprint density at radius 1 is 1.24 bits per heavy atom. The van der Waals surface area contributed by atoms with Gasteiger partial charge >= 0.3 is 0 Å². The predicted molar refractivity (Wildman–Crippen MR) is 79.2 cm³/mol. The third kappa shape index (κ3) is 3.98. The maximum absolute atomic E-state index is 12.0. The highest BCUT2D eigenvalue weighted by Gasteiger charge is 2.20. The van der Waals surface area contributed by atoms with E-state index < -0.39 is 0 Å². The molecule has 6 heteroatoms. The monoisotopic (exact) mass is 330 g/mol. The van der Waals surface area contributed by atoms with Crippen LogP contribution in [0.15, 0.2) is 6.07 Å². The molecule has 1 nitrogen and oxygen atoms in total. The van der Waals surface area contributed by atoms with Crippen LogP contribution in [0.2, 0.25) is 20.1 Å². The highest BCUT2D eigenvalue weighted by atomic mass is 35.5. The molecule has 0 amide bonds. The van der Waals surface area contributed by atoms with Crippen LogP contribution >= 0.6 is 55.6 Å². The molecule has 0 fully saturated rings. The van der Waals surface area contributed by atoms with E-state index in [-0.39, 0.29) is 31.4 Å². The Morgan fingerprint density at radius 2 is 1.71 bits per heavy atom. The second kappa shape index (κ2) is 6.59. The van der Waals surface area contributed by atoms with Crippen LogP contribution in [0.1, 0.15) is 30.1 Å². The summed E-state index contributed by atoms with van der Waals surface area (Å²) in [5.74, 6) is -0.140. The molecular formula is C11H11Cl4OP. The van der Waals surface area contributed by atoms with E-state index in [0.717, 1.165) is 6.42 Å². The summed E-state index contributed by atoms with van der Waals surface area (Å²) in [5, 5.41) is 0.816. The number of benzene rings is 1. The van der Waals surface area contributed by atoms with Gasteiger partial charge in [-0.25, -0.2) is 0 Å². The number of Topliss-reactive ketones (excluding diaryl/α,β-unsaturated/α-hetero) is 1. The van der Waals surface area contributed by atoms with Crippen LogP contribution in [0, 0.1) is 0 Å². The maximum Gasteiger partial charge on any atom is 0.166 e. The molecule has 0 aromatic heterocycles. The lowest BCUT2D eigenvalue weighted by Gasteiger charge is -2.10. The van der Waals surface area contributed by atoms with Crippen LogP contribution < -0.4 is 0 Å². The molecule has 1 aromatic rings. The summed E-state index contributed by atoms with van der Waals surface area (Å²) in [5.41, 5.74) is 0.572. The first-order valence-corrected chi connectivity index (χ1v) is 7.14. The summed E-state index contributed by atoms with van der Waals surface area (Å²) in [7, 11) is 2.63. The average molecular weight is 332 g/mol. The van der Waals surface area contributed by atoms with Crippen molar-refractivity contribution < 1.29 is 4.79 Å². The van der Waals surface area contributed by atoms with Gasteiger partial charge in [0, 0.05) is 6.42 Å². The van der Waals surface area contributed by atoms with Crippen LogP contribution in [0.4, 0.5) is 0 Å². The lowest BCUT2D eigenvalue weighted by atomic mass is 10.1. The van der Waals surface area contributed by atoms with E-state index in [9.17, 15) is 4.79 Å². The van der Waals surface area contributed by atoms with Crippen LogP contribution in [0.5, 0.6) is 0 Å². The van der Waals surface area contributed by atoms with Crippen molar-refractivity contribution >= 4 is 61.4 Å². The van der Waals surface area contributed by atoms with Crippen molar-refractivity contribution in [3.05, 3.63) is 31.7 Å². The average Bonchev–Trinajstić information content (AvgIpc) is 2.24. The second-order valence-electron chi connectivity index (χ2n) is 3.78. The molecule has 0 radical (unpaired) electrons. The van der Waals surface area contributed by atoms with E-state index in [1.807, 2.05) is 6.92 Å². The Morgan fingerprint density at radius 3 is 2.12 bits per heavy atom. The summed E-state index contributed by atoms with van der Waals surface area (Å²) in [6, 6.07) is 1.43. The number of ketones is 1. The lowest BCUT2D eigenvalue weighted by Crippen LogP contribution is -2.04. The van der Waals surface area contributed by atoms with E-state index in [2.05, 4.69) is 9.24 Å². The van der Waals surface area contributed by atoms with Gasteiger partial charge in [-0.2, -0.15) is 0 Å². The predicted octanol–water partition coefficient (Wildman–Crippen LogP) is 5.53. The summed E-state index contributed by atoms with van der Waals surface area (Å²) in [4.78, 5) is 12.0. The Bertz CT molecular complexity index is 419. The zero-order valence-electron chi connectivity index (χ0n) is 9.07. The van der Waals surface area contributed by atoms with E-state index in [1.165, 1.54) is 6.07 Å². The largest absolute Gasteiger partial charge is 0.294 e. The van der Waals surface area contributed by atoms with E-state index in [0.29, 0.717) is 12.1 Å². The molecule has 2 atom stereocenters. The first-order chi connectivity index (χ1) is 7.84. The van der Waals surface area contributed by atoms with Gasteiger partial charge in [0.1, 0.15) is 0 Å². The van der Waals surface area contributed by atoms with Gasteiger partial charge in [0.15, 0.2) is 5.78 Å². The molecule has 1 aromatic carbocycles. The molecule has 0 bridgehead atoms. The van der Waals surface area contributed by atoms with Gasteiger partial charge in [-0.15, -0.1) is 9.24 Å². The van der Waals surface area contributed by atoms with Crippen molar-refractivity contribution in [2.45, 2.75) is 25.4 Å². The van der Waals surface area contributed by atoms with Gasteiger partial charge in [-0.3, -0.25) is 4.79 Å². The van der Waals surface area contributed by atoms with Gasteiger partial charge in [-0.05, 0) is 18.1 Å². The topological polar surface area (TPSA) is 17.1 Å². The zero-order valence-corrected chi connectivity index (χ0v) is 13.2. The number of hydrogen-bond donors (Lipinski definition) is 0. The first kappa shape index (κ1) is 15.5. The third-order valence-corrected chi connectivity index (χ3v) is 4.13. The number of hydrogen-bond acceptors (Lipinski definition) is 1. The first-order valence-electron chi connectivity index (χ1n) is 4.96. The molecule has 0 spiro atoms. The Kier molecular flexibility index (Phi) is 6.02. The normalized spacial score (nSPS) is 12.6. The van der Waals surface area contributed by atoms with E-state index in [1.54, 1.807) is 0 Å². The summed E-state index contributed by atoms with van der Waals surface area (Å²) < 4.78 is 0. The summed E-state index contributed by atoms with van der Waals surface area (Å²) in [6.07, 6.45) is 1.10. The van der Waals surface area contributed by atoms with Gasteiger partial charge in [0.25, 0.3) is 0 Å². The maximum atomic E-state index is 12.0. The molecule has 17 heavy (non-hydrogen) atoms. The Balaban J connectivity index is 3.08. The molecule has 0 aliphatic heterocycles. The van der Waals surface area contributed by atoms with Crippen molar-refractivity contribution in [3.8, 4) is 0 Å². The number of halogens is 4. The Labute approximate surface area is 123 Å². The Hall–Kier alpha value is 0.480. The van der Waals surface area contributed by atoms with E-state index >= 15 is 0 Å². The summed E-state index contributed by atoms with van der Waals surface area (Å²) >= 11 is 23.7. The molecule has 0 aliphatic carbocycles. The standard InChI is InChI=1S/C11H11Cl4OP/c1-5(17)2-3-8(16)9-10(14)6(12)4-7(13)11(9)15/h4-5H,2-3,17H2,1H3. The minimum atomic E-state index is -0.140. The molecule has 1 rings (SSSR count). The highest BCUT2D eigenvalue weighted by molar-refractivity contribution is 7.17. The number of carbonyl (C=O) groups is 1. The minimum absolute atomic E-state index is 0.140. The number of rotatable bonds is 4. The number of carbonyl (C=O) groups excluding carboxylic acids is 1. The van der Waals surface area contributed by atoms with Crippen LogP contribution in [0.25, 0.3) is 0 Å².